The van der Waals surface area contributed by atoms with Crippen molar-refractivity contribution in [3.8, 4) is 5.75 Å². The fraction of sp³-hybridized carbons (Fsp3) is 0.391. The largest absolute Gasteiger partial charge is 0.483 e. The van der Waals surface area contributed by atoms with E-state index >= 15 is 0 Å². The van der Waals surface area contributed by atoms with Crippen LogP contribution in [0.5, 0.6) is 5.75 Å². The lowest BCUT2D eigenvalue weighted by Crippen LogP contribution is -2.51. The smallest absolute Gasteiger partial charge is 0.260 e. The molecule has 29 heavy (non-hydrogen) atoms. The first-order chi connectivity index (χ1) is 14.0. The van der Waals surface area contributed by atoms with Gasteiger partial charge in [0, 0.05) is 43.2 Å². The van der Waals surface area contributed by atoms with Gasteiger partial charge in [0.25, 0.3) is 5.91 Å². The Hall–Kier alpha value is -2.53. The number of rotatable bonds is 7. The van der Waals surface area contributed by atoms with Crippen LogP contribution < -0.4 is 4.74 Å². The molecule has 0 atom stereocenters. The van der Waals surface area contributed by atoms with E-state index in [1.165, 1.54) is 5.56 Å². The molecule has 0 unspecified atom stereocenters. The van der Waals surface area contributed by atoms with Crippen LogP contribution in [0.4, 0.5) is 0 Å². The molecule has 2 aromatic rings. The van der Waals surface area contributed by atoms with Gasteiger partial charge in [0.05, 0.1) is 0 Å². The van der Waals surface area contributed by atoms with Gasteiger partial charge >= 0.3 is 0 Å². The third kappa shape index (κ3) is 5.97. The van der Waals surface area contributed by atoms with E-state index in [1.54, 1.807) is 23.1 Å². The van der Waals surface area contributed by atoms with E-state index < -0.39 is 0 Å². The summed E-state index contributed by atoms with van der Waals surface area (Å²) in [5.41, 5.74) is 2.08. The number of piperazine rings is 1. The van der Waals surface area contributed by atoms with Crippen molar-refractivity contribution in [1.29, 1.82) is 0 Å². The molecule has 0 aliphatic carbocycles. The molecule has 5 nitrogen and oxygen atoms in total. The Bertz CT molecular complexity index is 833. The predicted molar refractivity (Wildman–Crippen MR) is 114 cm³/mol. The molecule has 6 heteroatoms. The van der Waals surface area contributed by atoms with Gasteiger partial charge in [-0.05, 0) is 37.5 Å². The molecule has 2 amide bonds. The van der Waals surface area contributed by atoms with Gasteiger partial charge in [-0.2, -0.15) is 0 Å². The van der Waals surface area contributed by atoms with Crippen molar-refractivity contribution in [2.24, 2.45) is 0 Å². The van der Waals surface area contributed by atoms with Gasteiger partial charge in [0.1, 0.15) is 5.75 Å². The molecule has 0 radical (unpaired) electrons. The fourth-order valence-corrected chi connectivity index (χ4v) is 3.59. The second kappa shape index (κ2) is 10.3. The minimum atomic E-state index is -0.0689. The Morgan fingerprint density at radius 3 is 2.28 bits per heavy atom. The first-order valence-electron chi connectivity index (χ1n) is 10.0. The van der Waals surface area contributed by atoms with E-state index in [-0.39, 0.29) is 18.4 Å². The number of aryl methyl sites for hydroxylation is 1. The molecule has 1 aliphatic rings. The van der Waals surface area contributed by atoms with Gasteiger partial charge in [0.2, 0.25) is 5.91 Å². The van der Waals surface area contributed by atoms with Crippen LogP contribution in [-0.2, 0) is 16.0 Å². The number of carbonyl (C=O) groups excluding carboxylic acids is 2. The first kappa shape index (κ1) is 21.2. The minimum Gasteiger partial charge on any atom is -0.483 e. The second-order valence-electron chi connectivity index (χ2n) is 7.25. The summed E-state index contributed by atoms with van der Waals surface area (Å²) in [6, 6.07) is 15.6. The highest BCUT2D eigenvalue weighted by Gasteiger charge is 2.24. The third-order valence-electron chi connectivity index (χ3n) is 5.25. The average molecular weight is 415 g/mol. The first-order valence-corrected chi connectivity index (χ1v) is 10.4. The Morgan fingerprint density at radius 1 is 0.931 bits per heavy atom. The van der Waals surface area contributed by atoms with Crippen molar-refractivity contribution < 1.29 is 14.3 Å². The van der Waals surface area contributed by atoms with E-state index in [0.29, 0.717) is 43.4 Å². The standard InChI is InChI=1S/C23H27ClN2O3/c1-18-20(24)10-6-11-21(18)29-17-23(28)26-15-13-25(14-16-26)22(27)12-5-9-19-7-3-2-4-8-19/h2-4,6-8,10-11H,5,9,12-17H2,1H3. The summed E-state index contributed by atoms with van der Waals surface area (Å²) in [5.74, 6) is 0.720. The zero-order valence-electron chi connectivity index (χ0n) is 16.8. The van der Waals surface area contributed by atoms with Crippen molar-refractivity contribution in [3.63, 3.8) is 0 Å². The van der Waals surface area contributed by atoms with Crippen molar-refractivity contribution in [2.75, 3.05) is 32.8 Å². The number of ether oxygens (including phenoxy) is 1. The van der Waals surface area contributed by atoms with Gasteiger partial charge in [-0.3, -0.25) is 9.59 Å². The SMILES string of the molecule is Cc1c(Cl)cccc1OCC(=O)N1CCN(C(=O)CCCc2ccccc2)CC1. The zero-order chi connectivity index (χ0) is 20.6. The van der Waals surface area contributed by atoms with Crippen molar-refractivity contribution in [1.82, 2.24) is 9.80 Å². The van der Waals surface area contributed by atoms with Crippen LogP contribution in [0, 0.1) is 6.92 Å². The number of amides is 2. The monoisotopic (exact) mass is 414 g/mol. The molecule has 0 aromatic heterocycles. The Labute approximate surface area is 177 Å². The highest BCUT2D eigenvalue weighted by Crippen LogP contribution is 2.25. The van der Waals surface area contributed by atoms with Crippen LogP contribution >= 0.6 is 11.6 Å². The van der Waals surface area contributed by atoms with E-state index in [9.17, 15) is 9.59 Å². The number of nitrogens with zero attached hydrogens (tertiary/aromatic N) is 2. The van der Waals surface area contributed by atoms with Crippen LogP contribution in [-0.4, -0.2) is 54.4 Å². The number of hydrogen-bond acceptors (Lipinski definition) is 3. The fourth-order valence-electron chi connectivity index (χ4n) is 3.43. The van der Waals surface area contributed by atoms with Crippen LogP contribution in [0.15, 0.2) is 48.5 Å². The van der Waals surface area contributed by atoms with Gasteiger partial charge < -0.3 is 14.5 Å². The van der Waals surface area contributed by atoms with E-state index in [2.05, 4.69) is 12.1 Å². The summed E-state index contributed by atoms with van der Waals surface area (Å²) in [7, 11) is 0. The van der Waals surface area contributed by atoms with Crippen LogP contribution in [0.1, 0.15) is 24.0 Å². The van der Waals surface area contributed by atoms with Crippen molar-refractivity contribution in [3.05, 3.63) is 64.7 Å². The molecule has 1 fully saturated rings. The summed E-state index contributed by atoms with van der Waals surface area (Å²) in [4.78, 5) is 28.5. The molecule has 1 saturated heterocycles. The van der Waals surface area contributed by atoms with Crippen LogP contribution in [0.25, 0.3) is 0 Å². The molecule has 3 rings (SSSR count). The van der Waals surface area contributed by atoms with Gasteiger partial charge in [-0.25, -0.2) is 0 Å². The summed E-state index contributed by atoms with van der Waals surface area (Å²) < 4.78 is 5.65. The van der Waals surface area contributed by atoms with E-state index in [1.807, 2.05) is 30.0 Å². The number of benzene rings is 2. The lowest BCUT2D eigenvalue weighted by Gasteiger charge is -2.34. The third-order valence-corrected chi connectivity index (χ3v) is 5.66. The summed E-state index contributed by atoms with van der Waals surface area (Å²) in [5, 5.41) is 0.620. The normalized spacial score (nSPS) is 14.0. The summed E-state index contributed by atoms with van der Waals surface area (Å²) in [6.07, 6.45) is 2.29. The highest BCUT2D eigenvalue weighted by molar-refractivity contribution is 6.31. The zero-order valence-corrected chi connectivity index (χ0v) is 17.5. The quantitative estimate of drug-likeness (QED) is 0.693. The maximum atomic E-state index is 12.4. The number of hydrogen-bond donors (Lipinski definition) is 0. The van der Waals surface area contributed by atoms with Gasteiger partial charge in [-0.1, -0.05) is 48.0 Å². The summed E-state index contributed by atoms with van der Waals surface area (Å²) in [6.45, 7) is 4.08. The Balaban J connectivity index is 1.38. The average Bonchev–Trinajstić information content (AvgIpc) is 2.75. The maximum absolute atomic E-state index is 12.4. The van der Waals surface area contributed by atoms with Crippen LogP contribution in [0.3, 0.4) is 0 Å². The topological polar surface area (TPSA) is 49.9 Å². The van der Waals surface area contributed by atoms with Crippen molar-refractivity contribution >= 4 is 23.4 Å². The molecule has 1 aliphatic heterocycles. The van der Waals surface area contributed by atoms with Gasteiger partial charge in [-0.15, -0.1) is 0 Å². The molecular weight excluding hydrogens is 388 g/mol. The summed E-state index contributed by atoms with van der Waals surface area (Å²) >= 11 is 6.08. The molecule has 154 valence electrons. The minimum absolute atomic E-state index is 0.0216. The lowest BCUT2D eigenvalue weighted by atomic mass is 10.1. The molecule has 0 bridgehead atoms. The predicted octanol–water partition coefficient (Wildman–Crippen LogP) is 3.72. The Kier molecular flexibility index (Phi) is 7.53. The molecule has 1 heterocycles. The maximum Gasteiger partial charge on any atom is 0.260 e. The molecule has 0 N–H and O–H groups in total. The number of carbonyl (C=O) groups is 2. The number of halogens is 1. The molecule has 2 aromatic carbocycles. The van der Waals surface area contributed by atoms with Crippen LogP contribution in [0.2, 0.25) is 5.02 Å². The Morgan fingerprint density at radius 2 is 1.59 bits per heavy atom. The van der Waals surface area contributed by atoms with Gasteiger partial charge in [0.15, 0.2) is 6.61 Å². The second-order valence-corrected chi connectivity index (χ2v) is 7.66. The van der Waals surface area contributed by atoms with Crippen molar-refractivity contribution in [2.45, 2.75) is 26.2 Å². The van der Waals surface area contributed by atoms with E-state index in [4.69, 9.17) is 16.3 Å². The lowest BCUT2D eigenvalue weighted by molar-refractivity contribution is -0.140. The highest BCUT2D eigenvalue weighted by atomic mass is 35.5. The molecular formula is C23H27ClN2O3. The van der Waals surface area contributed by atoms with E-state index in [0.717, 1.165) is 18.4 Å². The molecule has 0 spiro atoms. The molecule has 0 saturated carbocycles.